The Hall–Kier alpha value is -2.33. The number of hydrogen-bond acceptors (Lipinski definition) is 7. The summed E-state index contributed by atoms with van der Waals surface area (Å²) >= 11 is 3.18. The number of fused-ring (bicyclic) bond motifs is 1. The van der Waals surface area contributed by atoms with Crippen molar-refractivity contribution in [3.05, 3.63) is 53.2 Å². The third kappa shape index (κ3) is 3.62. The summed E-state index contributed by atoms with van der Waals surface area (Å²) in [5.41, 5.74) is 2.17. The zero-order chi connectivity index (χ0) is 20.7. The van der Waals surface area contributed by atoms with Crippen molar-refractivity contribution < 1.29 is 8.42 Å². The van der Waals surface area contributed by atoms with E-state index in [1.807, 2.05) is 35.7 Å². The van der Waals surface area contributed by atoms with Crippen molar-refractivity contribution in [1.29, 1.82) is 0 Å². The van der Waals surface area contributed by atoms with Gasteiger partial charge in [0, 0.05) is 24.0 Å². The monoisotopic (exact) mass is 456 g/mol. The number of nitrogens with zero attached hydrogens (tertiary/aromatic N) is 3. The molecule has 0 bridgehead atoms. The average Bonchev–Trinajstić information content (AvgIpc) is 3.43. The van der Waals surface area contributed by atoms with Gasteiger partial charge in [-0.2, -0.15) is 0 Å². The molecule has 2 N–H and O–H groups in total. The van der Waals surface area contributed by atoms with E-state index in [9.17, 15) is 8.42 Å². The highest BCUT2D eigenvalue weighted by molar-refractivity contribution is 7.89. The second-order valence-corrected chi connectivity index (χ2v) is 11.0. The smallest absolute Gasteiger partial charge is 0.213 e. The Morgan fingerprint density at radius 2 is 1.90 bits per heavy atom. The van der Waals surface area contributed by atoms with Crippen molar-refractivity contribution in [3.63, 3.8) is 0 Å². The SMILES string of the molecule is NS(=O)(=O)[C@H]1CCCN(c2nc(-c3cccs3)nc3scc(-c4ccccc4)c23)C1. The predicted molar refractivity (Wildman–Crippen MR) is 125 cm³/mol. The van der Waals surface area contributed by atoms with Gasteiger partial charge in [-0.3, -0.25) is 0 Å². The summed E-state index contributed by atoms with van der Waals surface area (Å²) in [4.78, 5) is 13.7. The van der Waals surface area contributed by atoms with Crippen molar-refractivity contribution in [2.24, 2.45) is 5.14 Å². The van der Waals surface area contributed by atoms with E-state index in [4.69, 9.17) is 15.1 Å². The fourth-order valence-corrected chi connectivity index (χ4v) is 6.38. The number of piperidine rings is 1. The molecule has 30 heavy (non-hydrogen) atoms. The molecule has 6 nitrogen and oxygen atoms in total. The van der Waals surface area contributed by atoms with Crippen LogP contribution in [0.25, 0.3) is 32.0 Å². The van der Waals surface area contributed by atoms with Gasteiger partial charge in [0.25, 0.3) is 0 Å². The molecule has 0 aliphatic carbocycles. The third-order valence-electron chi connectivity index (χ3n) is 5.38. The molecule has 0 amide bonds. The molecule has 1 aliphatic heterocycles. The number of aromatic nitrogens is 2. The summed E-state index contributed by atoms with van der Waals surface area (Å²) in [6.07, 6.45) is 1.34. The first kappa shape index (κ1) is 19.6. The van der Waals surface area contributed by atoms with Gasteiger partial charge < -0.3 is 4.90 Å². The Labute approximate surface area is 183 Å². The number of benzene rings is 1. The fourth-order valence-electron chi connectivity index (χ4n) is 3.90. The lowest BCUT2D eigenvalue weighted by Gasteiger charge is -2.33. The maximum absolute atomic E-state index is 12.0. The highest BCUT2D eigenvalue weighted by Gasteiger charge is 2.31. The van der Waals surface area contributed by atoms with Crippen LogP contribution in [0.15, 0.2) is 53.2 Å². The Bertz CT molecular complexity index is 1280. The van der Waals surface area contributed by atoms with E-state index in [0.717, 1.165) is 45.0 Å². The van der Waals surface area contributed by atoms with Gasteiger partial charge >= 0.3 is 0 Å². The van der Waals surface area contributed by atoms with E-state index in [2.05, 4.69) is 22.4 Å². The van der Waals surface area contributed by atoms with Gasteiger partial charge in [0.1, 0.15) is 10.6 Å². The topological polar surface area (TPSA) is 89.2 Å². The molecule has 0 radical (unpaired) electrons. The minimum absolute atomic E-state index is 0.346. The third-order valence-corrected chi connectivity index (χ3v) is 8.44. The lowest BCUT2D eigenvalue weighted by molar-refractivity contribution is 0.531. The lowest BCUT2D eigenvalue weighted by atomic mass is 10.0. The maximum atomic E-state index is 12.0. The largest absolute Gasteiger partial charge is 0.355 e. The minimum atomic E-state index is -3.60. The zero-order valence-electron chi connectivity index (χ0n) is 16.1. The normalized spacial score (nSPS) is 17.5. The number of rotatable bonds is 4. The van der Waals surface area contributed by atoms with E-state index in [1.54, 1.807) is 22.7 Å². The second kappa shape index (κ2) is 7.73. The minimum Gasteiger partial charge on any atom is -0.355 e. The number of hydrogen-bond donors (Lipinski definition) is 1. The van der Waals surface area contributed by atoms with Crippen LogP contribution in [0.1, 0.15) is 12.8 Å². The van der Waals surface area contributed by atoms with Crippen LogP contribution < -0.4 is 10.0 Å². The Morgan fingerprint density at radius 1 is 1.07 bits per heavy atom. The van der Waals surface area contributed by atoms with Gasteiger partial charge in [0.05, 0.1) is 15.5 Å². The second-order valence-electron chi connectivity index (χ2n) is 7.34. The van der Waals surface area contributed by atoms with E-state index in [1.165, 1.54) is 0 Å². The Kier molecular flexibility index (Phi) is 5.06. The van der Waals surface area contributed by atoms with Gasteiger partial charge in [0.15, 0.2) is 5.82 Å². The number of primary sulfonamides is 1. The van der Waals surface area contributed by atoms with Crippen LogP contribution in [0.5, 0.6) is 0 Å². The van der Waals surface area contributed by atoms with Gasteiger partial charge in [-0.1, -0.05) is 36.4 Å². The van der Waals surface area contributed by atoms with Crippen molar-refractivity contribution >= 4 is 48.7 Å². The molecule has 0 spiro atoms. The first-order valence-electron chi connectivity index (χ1n) is 9.66. The molecule has 3 aromatic heterocycles. The van der Waals surface area contributed by atoms with E-state index < -0.39 is 15.3 Å². The molecule has 0 saturated carbocycles. The number of thiophene rings is 2. The van der Waals surface area contributed by atoms with Crippen LogP contribution in [0.3, 0.4) is 0 Å². The van der Waals surface area contributed by atoms with E-state index >= 15 is 0 Å². The molecule has 9 heteroatoms. The van der Waals surface area contributed by atoms with E-state index in [0.29, 0.717) is 18.8 Å². The molecule has 1 fully saturated rings. The van der Waals surface area contributed by atoms with Crippen LogP contribution in [0, 0.1) is 0 Å². The predicted octanol–water partition coefficient (Wildman–Crippen LogP) is 4.34. The first-order valence-corrected chi connectivity index (χ1v) is 13.0. The molecule has 1 aromatic carbocycles. The summed E-state index contributed by atoms with van der Waals surface area (Å²) in [6, 6.07) is 14.1. The van der Waals surface area contributed by atoms with Crippen molar-refractivity contribution in [3.8, 4) is 21.8 Å². The Balaban J connectivity index is 1.70. The number of anilines is 1. The van der Waals surface area contributed by atoms with Gasteiger partial charge in [-0.15, -0.1) is 22.7 Å². The fraction of sp³-hybridized carbons (Fsp3) is 0.238. The van der Waals surface area contributed by atoms with Gasteiger partial charge in [0.2, 0.25) is 10.0 Å². The lowest BCUT2D eigenvalue weighted by Crippen LogP contribution is -2.45. The van der Waals surface area contributed by atoms with E-state index in [-0.39, 0.29) is 0 Å². The summed E-state index contributed by atoms with van der Waals surface area (Å²) in [6.45, 7) is 1.09. The molecule has 1 atom stereocenters. The Morgan fingerprint density at radius 3 is 2.63 bits per heavy atom. The van der Waals surface area contributed by atoms with Gasteiger partial charge in [-0.25, -0.2) is 23.5 Å². The van der Waals surface area contributed by atoms with Crippen LogP contribution >= 0.6 is 22.7 Å². The molecule has 154 valence electrons. The summed E-state index contributed by atoms with van der Waals surface area (Å²) < 4.78 is 24.1. The van der Waals surface area contributed by atoms with Crippen LogP contribution in [0.4, 0.5) is 5.82 Å². The van der Waals surface area contributed by atoms with Crippen LogP contribution in [-0.2, 0) is 10.0 Å². The summed E-state index contributed by atoms with van der Waals surface area (Å²) in [7, 11) is -3.60. The molecular formula is C21H20N4O2S3. The van der Waals surface area contributed by atoms with Crippen molar-refractivity contribution in [2.75, 3.05) is 18.0 Å². The highest BCUT2D eigenvalue weighted by atomic mass is 32.2. The summed E-state index contributed by atoms with van der Waals surface area (Å²) in [5.74, 6) is 1.46. The van der Waals surface area contributed by atoms with Crippen LogP contribution in [0.2, 0.25) is 0 Å². The maximum Gasteiger partial charge on any atom is 0.213 e. The van der Waals surface area contributed by atoms with Gasteiger partial charge in [-0.05, 0) is 29.9 Å². The molecule has 4 aromatic rings. The first-order chi connectivity index (χ1) is 14.5. The molecule has 1 saturated heterocycles. The number of sulfonamides is 1. The average molecular weight is 457 g/mol. The zero-order valence-corrected chi connectivity index (χ0v) is 18.5. The summed E-state index contributed by atoms with van der Waals surface area (Å²) in [5, 5.41) is 9.99. The van der Waals surface area contributed by atoms with Crippen molar-refractivity contribution in [1.82, 2.24) is 9.97 Å². The molecular weight excluding hydrogens is 436 g/mol. The van der Waals surface area contributed by atoms with Crippen molar-refractivity contribution in [2.45, 2.75) is 18.1 Å². The van der Waals surface area contributed by atoms with Crippen LogP contribution in [-0.4, -0.2) is 36.7 Å². The standard InChI is InChI=1S/C21H20N4O2S3/c22-30(26,27)15-8-4-10-25(12-15)20-18-16(14-6-2-1-3-7-14)13-29-21(18)24-19(23-20)17-9-5-11-28-17/h1-3,5-7,9,11,13,15H,4,8,10,12H2,(H2,22,26,27)/t15-/m0/s1. The highest BCUT2D eigenvalue weighted by Crippen LogP contribution is 2.40. The number of nitrogens with two attached hydrogens (primary N) is 1. The molecule has 1 aliphatic rings. The quantitative estimate of drug-likeness (QED) is 0.493. The molecule has 4 heterocycles. The molecule has 0 unspecified atom stereocenters. The molecule has 5 rings (SSSR count).